The summed E-state index contributed by atoms with van der Waals surface area (Å²) in [5, 5.41) is 3.42. The quantitative estimate of drug-likeness (QED) is 0.849. The van der Waals surface area contributed by atoms with Crippen LogP contribution in [0.5, 0.6) is 17.2 Å². The van der Waals surface area contributed by atoms with Gasteiger partial charge in [0.25, 0.3) is 0 Å². The standard InChI is InChI=1S/C13H17NO3/c1-15-10-4-5-11-13(17-8-16-11)12(10)9-3-2-6-14-7-9/h4-5,9,14H,2-3,6-8H2,1H3. The van der Waals surface area contributed by atoms with E-state index in [4.69, 9.17) is 14.2 Å². The Hall–Kier alpha value is -1.42. The summed E-state index contributed by atoms with van der Waals surface area (Å²) in [6.45, 7) is 2.40. The Kier molecular flexibility index (Phi) is 2.81. The van der Waals surface area contributed by atoms with Crippen molar-refractivity contribution in [2.75, 3.05) is 27.0 Å². The number of piperidine rings is 1. The van der Waals surface area contributed by atoms with Crippen molar-refractivity contribution >= 4 is 0 Å². The molecule has 0 aromatic heterocycles. The lowest BCUT2D eigenvalue weighted by Gasteiger charge is -2.25. The monoisotopic (exact) mass is 235 g/mol. The van der Waals surface area contributed by atoms with Gasteiger partial charge in [0.2, 0.25) is 6.79 Å². The summed E-state index contributed by atoms with van der Waals surface area (Å²) in [5.74, 6) is 3.07. The molecule has 0 spiro atoms. The highest BCUT2D eigenvalue weighted by molar-refractivity contribution is 5.56. The topological polar surface area (TPSA) is 39.7 Å². The van der Waals surface area contributed by atoms with E-state index in [1.54, 1.807) is 7.11 Å². The molecule has 2 heterocycles. The fourth-order valence-corrected chi connectivity index (χ4v) is 2.64. The SMILES string of the molecule is COc1ccc2c(c1C1CCCNC1)OCO2. The molecule has 1 saturated heterocycles. The maximum Gasteiger partial charge on any atom is 0.231 e. The molecule has 0 amide bonds. The molecule has 1 aromatic rings. The molecule has 1 unspecified atom stereocenters. The lowest BCUT2D eigenvalue weighted by atomic mass is 9.90. The largest absolute Gasteiger partial charge is 0.496 e. The van der Waals surface area contributed by atoms with Crippen LogP contribution in [0.15, 0.2) is 12.1 Å². The molecule has 0 saturated carbocycles. The van der Waals surface area contributed by atoms with E-state index in [2.05, 4.69) is 5.32 Å². The molecule has 92 valence electrons. The molecule has 0 aliphatic carbocycles. The van der Waals surface area contributed by atoms with Gasteiger partial charge in [-0.1, -0.05) is 0 Å². The predicted molar refractivity (Wildman–Crippen MR) is 64.0 cm³/mol. The van der Waals surface area contributed by atoms with Gasteiger partial charge in [-0.05, 0) is 31.5 Å². The zero-order valence-electron chi connectivity index (χ0n) is 9.99. The van der Waals surface area contributed by atoms with Crippen LogP contribution in [0.2, 0.25) is 0 Å². The Balaban J connectivity index is 2.02. The molecule has 17 heavy (non-hydrogen) atoms. The third kappa shape index (κ3) is 1.82. The first-order chi connectivity index (χ1) is 8.40. The molecule has 1 atom stereocenters. The van der Waals surface area contributed by atoms with Gasteiger partial charge >= 0.3 is 0 Å². The molecule has 1 aromatic carbocycles. The van der Waals surface area contributed by atoms with Crippen LogP contribution in [-0.2, 0) is 0 Å². The number of methoxy groups -OCH3 is 1. The van der Waals surface area contributed by atoms with Gasteiger partial charge in [-0.2, -0.15) is 0 Å². The average Bonchev–Trinajstić information content (AvgIpc) is 2.86. The lowest BCUT2D eigenvalue weighted by Crippen LogP contribution is -2.28. The maximum absolute atomic E-state index is 5.60. The van der Waals surface area contributed by atoms with Crippen LogP contribution in [0.25, 0.3) is 0 Å². The Morgan fingerprint density at radius 2 is 2.29 bits per heavy atom. The summed E-state index contributed by atoms with van der Waals surface area (Å²) in [5.41, 5.74) is 1.16. The number of fused-ring (bicyclic) bond motifs is 1. The summed E-state index contributed by atoms with van der Waals surface area (Å²) in [6.07, 6.45) is 2.36. The first kappa shape index (κ1) is 10.7. The second-order valence-corrected chi connectivity index (χ2v) is 4.46. The number of ether oxygens (including phenoxy) is 3. The summed E-state index contributed by atoms with van der Waals surface area (Å²) in [7, 11) is 1.71. The van der Waals surface area contributed by atoms with Crippen molar-refractivity contribution in [3.8, 4) is 17.2 Å². The molecular weight excluding hydrogens is 218 g/mol. The fourth-order valence-electron chi connectivity index (χ4n) is 2.64. The van der Waals surface area contributed by atoms with Gasteiger partial charge in [-0.15, -0.1) is 0 Å². The van der Waals surface area contributed by atoms with Gasteiger partial charge in [0.05, 0.1) is 7.11 Å². The van der Waals surface area contributed by atoms with Crippen molar-refractivity contribution in [1.29, 1.82) is 0 Å². The molecule has 0 bridgehead atoms. The lowest BCUT2D eigenvalue weighted by molar-refractivity contribution is 0.172. The summed E-state index contributed by atoms with van der Waals surface area (Å²) < 4.78 is 16.5. The second-order valence-electron chi connectivity index (χ2n) is 4.46. The van der Waals surface area contributed by atoms with Gasteiger partial charge < -0.3 is 19.5 Å². The highest BCUT2D eigenvalue weighted by Gasteiger charge is 2.28. The van der Waals surface area contributed by atoms with Gasteiger partial charge in [0, 0.05) is 18.0 Å². The molecule has 1 N–H and O–H groups in total. The molecule has 2 aliphatic heterocycles. The van der Waals surface area contributed by atoms with Gasteiger partial charge in [0.1, 0.15) is 5.75 Å². The van der Waals surface area contributed by atoms with E-state index >= 15 is 0 Å². The van der Waals surface area contributed by atoms with Crippen molar-refractivity contribution in [3.05, 3.63) is 17.7 Å². The molecule has 1 fully saturated rings. The Morgan fingerprint density at radius 1 is 1.35 bits per heavy atom. The van der Waals surface area contributed by atoms with Crippen molar-refractivity contribution in [1.82, 2.24) is 5.32 Å². The van der Waals surface area contributed by atoms with Gasteiger partial charge in [0.15, 0.2) is 11.5 Å². The van der Waals surface area contributed by atoms with Crippen LogP contribution in [0.3, 0.4) is 0 Å². The number of nitrogens with one attached hydrogen (secondary N) is 1. The second kappa shape index (κ2) is 4.45. The highest BCUT2D eigenvalue weighted by atomic mass is 16.7. The summed E-state index contributed by atoms with van der Waals surface area (Å²) >= 11 is 0. The number of rotatable bonds is 2. The van der Waals surface area contributed by atoms with E-state index in [9.17, 15) is 0 Å². The minimum absolute atomic E-state index is 0.315. The van der Waals surface area contributed by atoms with E-state index in [0.717, 1.165) is 35.9 Å². The normalized spacial score (nSPS) is 22.5. The van der Waals surface area contributed by atoms with Crippen LogP contribution in [0, 0.1) is 0 Å². The van der Waals surface area contributed by atoms with Crippen LogP contribution >= 0.6 is 0 Å². The molecular formula is C13H17NO3. The number of benzene rings is 1. The van der Waals surface area contributed by atoms with Crippen LogP contribution < -0.4 is 19.5 Å². The maximum atomic E-state index is 5.60. The Morgan fingerprint density at radius 3 is 3.06 bits per heavy atom. The average molecular weight is 235 g/mol. The van der Waals surface area contributed by atoms with Crippen LogP contribution in [0.4, 0.5) is 0 Å². The van der Waals surface area contributed by atoms with Crippen molar-refractivity contribution in [2.24, 2.45) is 0 Å². The number of hydrogen-bond acceptors (Lipinski definition) is 4. The highest BCUT2D eigenvalue weighted by Crippen LogP contribution is 2.45. The minimum atomic E-state index is 0.315. The molecule has 0 radical (unpaired) electrons. The van der Waals surface area contributed by atoms with E-state index in [1.165, 1.54) is 12.8 Å². The van der Waals surface area contributed by atoms with Crippen LogP contribution in [-0.4, -0.2) is 27.0 Å². The van der Waals surface area contributed by atoms with Gasteiger partial charge in [-0.3, -0.25) is 0 Å². The fraction of sp³-hybridized carbons (Fsp3) is 0.538. The predicted octanol–water partition coefficient (Wildman–Crippen LogP) is 1.89. The molecule has 3 rings (SSSR count). The van der Waals surface area contributed by atoms with Crippen molar-refractivity contribution in [2.45, 2.75) is 18.8 Å². The third-order valence-corrected chi connectivity index (χ3v) is 3.46. The third-order valence-electron chi connectivity index (χ3n) is 3.46. The molecule has 2 aliphatic rings. The summed E-state index contributed by atoms with van der Waals surface area (Å²) in [6, 6.07) is 3.89. The minimum Gasteiger partial charge on any atom is -0.496 e. The molecule has 4 nitrogen and oxygen atoms in total. The van der Waals surface area contributed by atoms with E-state index in [-0.39, 0.29) is 0 Å². The van der Waals surface area contributed by atoms with Crippen LogP contribution in [0.1, 0.15) is 24.3 Å². The van der Waals surface area contributed by atoms with Crippen molar-refractivity contribution < 1.29 is 14.2 Å². The first-order valence-electron chi connectivity index (χ1n) is 6.07. The summed E-state index contributed by atoms with van der Waals surface area (Å²) in [4.78, 5) is 0. The zero-order valence-corrected chi connectivity index (χ0v) is 9.99. The Labute approximate surface area is 101 Å². The van der Waals surface area contributed by atoms with E-state index in [1.807, 2.05) is 12.1 Å². The first-order valence-corrected chi connectivity index (χ1v) is 6.07. The van der Waals surface area contributed by atoms with E-state index < -0.39 is 0 Å². The Bertz CT molecular complexity index is 413. The number of hydrogen-bond donors (Lipinski definition) is 1. The van der Waals surface area contributed by atoms with E-state index in [0.29, 0.717) is 12.7 Å². The zero-order chi connectivity index (χ0) is 11.7. The smallest absolute Gasteiger partial charge is 0.231 e. The van der Waals surface area contributed by atoms with Gasteiger partial charge in [-0.25, -0.2) is 0 Å². The molecule has 4 heteroatoms. The van der Waals surface area contributed by atoms with Crippen molar-refractivity contribution in [3.63, 3.8) is 0 Å².